The van der Waals surface area contributed by atoms with Gasteiger partial charge in [-0.05, 0) is 6.07 Å². The summed E-state index contributed by atoms with van der Waals surface area (Å²) in [6.45, 7) is 0. The number of ether oxygens (including phenoxy) is 1. The predicted molar refractivity (Wildman–Crippen MR) is 64.3 cm³/mol. The zero-order chi connectivity index (χ0) is 12.7. The van der Waals surface area contributed by atoms with Crippen molar-refractivity contribution < 1.29 is 19.7 Å². The highest BCUT2D eigenvalue weighted by molar-refractivity contribution is 6.03. The summed E-state index contributed by atoms with van der Waals surface area (Å²) >= 11 is 0. The Hall–Kier alpha value is -2.49. The highest BCUT2D eigenvalue weighted by Crippen LogP contribution is 2.40. The van der Waals surface area contributed by atoms with Crippen LogP contribution in [-0.2, 0) is 6.42 Å². The molecular formula is C14H10O4. The first-order chi connectivity index (χ1) is 8.65. The summed E-state index contributed by atoms with van der Waals surface area (Å²) < 4.78 is 5.59. The lowest BCUT2D eigenvalue weighted by Gasteiger charge is -2.09. The van der Waals surface area contributed by atoms with Gasteiger partial charge in [-0.25, -0.2) is 0 Å². The number of fused-ring (bicyclic) bond motifs is 2. The Morgan fingerprint density at radius 1 is 1.06 bits per heavy atom. The van der Waals surface area contributed by atoms with Gasteiger partial charge in [-0.3, -0.25) is 4.79 Å². The van der Waals surface area contributed by atoms with Crippen molar-refractivity contribution in [1.29, 1.82) is 0 Å². The van der Waals surface area contributed by atoms with Crippen molar-refractivity contribution in [3.05, 3.63) is 47.5 Å². The van der Waals surface area contributed by atoms with Gasteiger partial charge >= 0.3 is 0 Å². The van der Waals surface area contributed by atoms with Gasteiger partial charge in [0.25, 0.3) is 0 Å². The van der Waals surface area contributed by atoms with Crippen LogP contribution in [0.15, 0.2) is 36.4 Å². The summed E-state index contributed by atoms with van der Waals surface area (Å²) in [5.74, 6) is 0.116. The van der Waals surface area contributed by atoms with Crippen molar-refractivity contribution in [2.45, 2.75) is 6.42 Å². The number of para-hydroxylation sites is 1. The molecular weight excluding hydrogens is 232 g/mol. The van der Waals surface area contributed by atoms with E-state index in [1.165, 1.54) is 6.07 Å². The molecule has 90 valence electrons. The molecule has 1 heterocycles. The number of Topliss-reactive ketones (excluding diaryl/α,β-unsaturated/α-hetero) is 1. The maximum Gasteiger partial charge on any atom is 0.174 e. The molecule has 3 rings (SSSR count). The molecule has 0 spiro atoms. The van der Waals surface area contributed by atoms with E-state index in [0.717, 1.165) is 11.6 Å². The van der Waals surface area contributed by atoms with Crippen LogP contribution >= 0.6 is 0 Å². The lowest BCUT2D eigenvalue weighted by atomic mass is 10.0. The molecule has 2 aromatic rings. The number of phenols is 2. The second kappa shape index (κ2) is 3.77. The first-order valence-corrected chi connectivity index (χ1v) is 5.50. The smallest absolute Gasteiger partial charge is 0.174 e. The average Bonchev–Trinajstić information content (AvgIpc) is 2.43. The van der Waals surface area contributed by atoms with Gasteiger partial charge in [0, 0.05) is 24.1 Å². The van der Waals surface area contributed by atoms with Gasteiger partial charge in [0.2, 0.25) is 0 Å². The molecule has 0 aliphatic carbocycles. The quantitative estimate of drug-likeness (QED) is 0.745. The Kier molecular flexibility index (Phi) is 2.23. The Labute approximate surface area is 103 Å². The highest BCUT2D eigenvalue weighted by atomic mass is 16.5. The minimum Gasteiger partial charge on any atom is -0.508 e. The molecule has 2 N–H and O–H groups in total. The van der Waals surface area contributed by atoms with Crippen molar-refractivity contribution in [2.75, 3.05) is 0 Å². The lowest BCUT2D eigenvalue weighted by molar-refractivity contribution is 0.0991. The molecule has 0 aromatic heterocycles. The molecule has 1 aliphatic rings. The topological polar surface area (TPSA) is 66.8 Å². The Balaban J connectivity index is 2.23. The van der Waals surface area contributed by atoms with Gasteiger partial charge in [0.15, 0.2) is 5.78 Å². The van der Waals surface area contributed by atoms with E-state index in [1.54, 1.807) is 18.2 Å². The van der Waals surface area contributed by atoms with E-state index < -0.39 is 0 Å². The number of hydrogen-bond acceptors (Lipinski definition) is 4. The Bertz CT molecular complexity index is 646. The summed E-state index contributed by atoms with van der Waals surface area (Å²) in [5, 5.41) is 19.2. The number of hydrogen-bond donors (Lipinski definition) is 2. The molecule has 4 nitrogen and oxygen atoms in total. The van der Waals surface area contributed by atoms with Crippen LogP contribution in [-0.4, -0.2) is 16.0 Å². The second-order valence-corrected chi connectivity index (χ2v) is 4.15. The van der Waals surface area contributed by atoms with E-state index in [2.05, 4.69) is 0 Å². The number of carbonyl (C=O) groups is 1. The third-order valence-corrected chi connectivity index (χ3v) is 2.89. The van der Waals surface area contributed by atoms with Crippen molar-refractivity contribution in [2.24, 2.45) is 0 Å². The molecule has 4 heteroatoms. The SMILES string of the molecule is O=C1Cc2ccccc2Oc2cc(O)cc(O)c21. The molecule has 0 radical (unpaired) electrons. The molecule has 0 saturated heterocycles. The molecule has 0 amide bonds. The van der Waals surface area contributed by atoms with Crippen LogP contribution in [0.25, 0.3) is 0 Å². The number of ketones is 1. The van der Waals surface area contributed by atoms with Gasteiger partial charge in [-0.1, -0.05) is 18.2 Å². The first-order valence-electron chi connectivity index (χ1n) is 5.50. The molecule has 18 heavy (non-hydrogen) atoms. The van der Waals surface area contributed by atoms with Crippen LogP contribution in [0.3, 0.4) is 0 Å². The summed E-state index contributed by atoms with van der Waals surface area (Å²) in [4.78, 5) is 12.1. The van der Waals surface area contributed by atoms with Crippen LogP contribution in [0.2, 0.25) is 0 Å². The maximum atomic E-state index is 12.1. The molecule has 0 fully saturated rings. The van der Waals surface area contributed by atoms with E-state index in [1.807, 2.05) is 6.07 Å². The predicted octanol–water partition coefficient (Wildman–Crippen LogP) is 2.63. The van der Waals surface area contributed by atoms with Gasteiger partial charge in [-0.2, -0.15) is 0 Å². The zero-order valence-corrected chi connectivity index (χ0v) is 9.38. The zero-order valence-electron chi connectivity index (χ0n) is 9.38. The number of phenolic OH excluding ortho intramolecular Hbond substituents is 2. The van der Waals surface area contributed by atoms with Crippen molar-refractivity contribution in [3.8, 4) is 23.0 Å². The van der Waals surface area contributed by atoms with Gasteiger partial charge in [0.1, 0.15) is 28.6 Å². The largest absolute Gasteiger partial charge is 0.508 e. The van der Waals surface area contributed by atoms with Crippen molar-refractivity contribution in [3.63, 3.8) is 0 Å². The molecule has 0 bridgehead atoms. The number of benzene rings is 2. The fourth-order valence-corrected chi connectivity index (χ4v) is 2.08. The van der Waals surface area contributed by atoms with Crippen LogP contribution in [0.4, 0.5) is 0 Å². The van der Waals surface area contributed by atoms with Crippen molar-refractivity contribution >= 4 is 5.78 Å². The van der Waals surface area contributed by atoms with Crippen molar-refractivity contribution in [1.82, 2.24) is 0 Å². The normalized spacial score (nSPS) is 13.2. The fourth-order valence-electron chi connectivity index (χ4n) is 2.08. The Morgan fingerprint density at radius 2 is 1.83 bits per heavy atom. The van der Waals surface area contributed by atoms with Gasteiger partial charge in [-0.15, -0.1) is 0 Å². The third-order valence-electron chi connectivity index (χ3n) is 2.89. The Morgan fingerprint density at radius 3 is 2.67 bits per heavy atom. The number of carbonyl (C=O) groups excluding carboxylic acids is 1. The van der Waals surface area contributed by atoms with E-state index in [0.29, 0.717) is 5.75 Å². The number of aromatic hydroxyl groups is 2. The second-order valence-electron chi connectivity index (χ2n) is 4.15. The minimum absolute atomic E-state index is 0.115. The molecule has 0 unspecified atom stereocenters. The van der Waals surface area contributed by atoms with Crippen LogP contribution < -0.4 is 4.74 Å². The summed E-state index contributed by atoms with van der Waals surface area (Å²) in [7, 11) is 0. The summed E-state index contributed by atoms with van der Waals surface area (Å²) in [6, 6.07) is 9.64. The van der Waals surface area contributed by atoms with E-state index >= 15 is 0 Å². The minimum atomic E-state index is -0.261. The monoisotopic (exact) mass is 242 g/mol. The standard InChI is InChI=1S/C14H10O4/c15-9-6-11(17)14-10(16)5-8-3-1-2-4-12(8)18-13(14)7-9/h1-4,6-7,15,17H,5H2. The number of rotatable bonds is 0. The van der Waals surface area contributed by atoms with E-state index in [9.17, 15) is 15.0 Å². The lowest BCUT2D eigenvalue weighted by Crippen LogP contribution is -2.02. The van der Waals surface area contributed by atoms with Crippen LogP contribution in [0, 0.1) is 0 Å². The average molecular weight is 242 g/mol. The van der Waals surface area contributed by atoms with E-state index in [-0.39, 0.29) is 35.0 Å². The fraction of sp³-hybridized carbons (Fsp3) is 0.0714. The van der Waals surface area contributed by atoms with Crippen LogP contribution in [0.5, 0.6) is 23.0 Å². The maximum absolute atomic E-state index is 12.1. The van der Waals surface area contributed by atoms with E-state index in [4.69, 9.17) is 4.74 Å². The highest BCUT2D eigenvalue weighted by Gasteiger charge is 2.24. The molecule has 0 saturated carbocycles. The first kappa shape index (κ1) is 10.7. The molecule has 1 aliphatic heterocycles. The summed E-state index contributed by atoms with van der Waals surface area (Å²) in [5.41, 5.74) is 0.876. The molecule has 2 aromatic carbocycles. The third kappa shape index (κ3) is 1.59. The van der Waals surface area contributed by atoms with Crippen LogP contribution in [0.1, 0.15) is 15.9 Å². The molecule has 0 atom stereocenters. The summed E-state index contributed by atoms with van der Waals surface area (Å²) in [6.07, 6.45) is 0.168. The van der Waals surface area contributed by atoms with Gasteiger partial charge < -0.3 is 14.9 Å². The van der Waals surface area contributed by atoms with Gasteiger partial charge in [0.05, 0.1) is 0 Å².